The molecule has 2 fully saturated rings. The number of amides is 1. The highest BCUT2D eigenvalue weighted by Crippen LogP contribution is 2.32. The van der Waals surface area contributed by atoms with E-state index in [1.165, 1.54) is 12.1 Å². The Morgan fingerprint density at radius 3 is 2.58 bits per heavy atom. The molecule has 1 saturated heterocycles. The summed E-state index contributed by atoms with van der Waals surface area (Å²) in [7, 11) is 0. The van der Waals surface area contributed by atoms with Gasteiger partial charge in [-0.1, -0.05) is 6.07 Å². The van der Waals surface area contributed by atoms with Gasteiger partial charge in [-0.25, -0.2) is 4.39 Å². The van der Waals surface area contributed by atoms with Crippen molar-refractivity contribution in [2.45, 2.75) is 31.8 Å². The molecule has 1 saturated carbocycles. The Kier molecular flexibility index (Phi) is 3.40. The van der Waals surface area contributed by atoms with Crippen LogP contribution in [0.4, 0.5) is 4.39 Å². The number of carbonyl (C=O) groups excluding carboxylic acids is 1. The van der Waals surface area contributed by atoms with E-state index >= 15 is 0 Å². The van der Waals surface area contributed by atoms with Crippen molar-refractivity contribution < 1.29 is 13.9 Å². The Morgan fingerprint density at radius 2 is 1.95 bits per heavy atom. The molecule has 0 unspecified atom stereocenters. The van der Waals surface area contributed by atoms with Crippen molar-refractivity contribution in [3.8, 4) is 5.75 Å². The van der Waals surface area contributed by atoms with Crippen LogP contribution in [0, 0.1) is 11.7 Å². The average Bonchev–Trinajstić information content (AvgIpc) is 3.23. The maximum atomic E-state index is 13.1. The van der Waals surface area contributed by atoms with Gasteiger partial charge < -0.3 is 9.64 Å². The first kappa shape index (κ1) is 12.5. The summed E-state index contributed by atoms with van der Waals surface area (Å²) in [5, 5.41) is 0. The summed E-state index contributed by atoms with van der Waals surface area (Å²) in [6.07, 6.45) is 3.85. The standard InChI is InChI=1S/C15H18FNO2/c16-12-2-1-3-14(10-12)19-13-6-8-17(9-7-13)15(18)11-4-5-11/h1-3,10-11,13H,4-9H2. The minimum absolute atomic E-state index is 0.0880. The zero-order valence-corrected chi connectivity index (χ0v) is 10.8. The van der Waals surface area contributed by atoms with Crippen LogP contribution in [0.5, 0.6) is 5.75 Å². The van der Waals surface area contributed by atoms with Crippen molar-refractivity contribution in [2.75, 3.05) is 13.1 Å². The van der Waals surface area contributed by atoms with Crippen LogP contribution in [0.25, 0.3) is 0 Å². The zero-order valence-electron chi connectivity index (χ0n) is 10.8. The van der Waals surface area contributed by atoms with Gasteiger partial charge in [0.05, 0.1) is 0 Å². The molecule has 19 heavy (non-hydrogen) atoms. The van der Waals surface area contributed by atoms with E-state index in [9.17, 15) is 9.18 Å². The number of carbonyl (C=O) groups is 1. The first-order valence-electron chi connectivity index (χ1n) is 6.93. The van der Waals surface area contributed by atoms with Gasteiger partial charge in [-0.05, 0) is 25.0 Å². The third-order valence-electron chi connectivity index (χ3n) is 3.78. The lowest BCUT2D eigenvalue weighted by Crippen LogP contribution is -2.42. The van der Waals surface area contributed by atoms with Crippen LogP contribution >= 0.6 is 0 Å². The summed E-state index contributed by atoms with van der Waals surface area (Å²) in [6, 6.07) is 6.23. The third kappa shape index (κ3) is 3.06. The Bertz CT molecular complexity index is 465. The molecule has 1 amide bonds. The van der Waals surface area contributed by atoms with Gasteiger partial charge in [-0.15, -0.1) is 0 Å². The van der Waals surface area contributed by atoms with Crippen molar-refractivity contribution >= 4 is 5.91 Å². The van der Waals surface area contributed by atoms with E-state index in [4.69, 9.17) is 4.74 Å². The molecule has 1 aromatic carbocycles. The van der Waals surface area contributed by atoms with E-state index in [2.05, 4.69) is 0 Å². The van der Waals surface area contributed by atoms with Crippen LogP contribution in [0.1, 0.15) is 25.7 Å². The van der Waals surface area contributed by atoms with E-state index < -0.39 is 0 Å². The molecule has 0 N–H and O–H groups in total. The largest absolute Gasteiger partial charge is 0.490 e. The summed E-state index contributed by atoms with van der Waals surface area (Å²) in [5.41, 5.74) is 0. The molecule has 1 heterocycles. The van der Waals surface area contributed by atoms with Crippen LogP contribution in [0.15, 0.2) is 24.3 Å². The van der Waals surface area contributed by atoms with Crippen molar-refractivity contribution in [3.63, 3.8) is 0 Å². The number of hydrogen-bond acceptors (Lipinski definition) is 2. The fourth-order valence-corrected chi connectivity index (χ4v) is 2.52. The summed E-state index contributed by atoms with van der Waals surface area (Å²) >= 11 is 0. The number of piperidine rings is 1. The number of rotatable bonds is 3. The molecule has 0 atom stereocenters. The van der Waals surface area contributed by atoms with Crippen LogP contribution in [0.3, 0.4) is 0 Å². The molecule has 1 aromatic rings. The molecular formula is C15H18FNO2. The molecule has 4 heteroatoms. The number of hydrogen-bond donors (Lipinski definition) is 0. The van der Waals surface area contributed by atoms with Crippen molar-refractivity contribution in [2.24, 2.45) is 5.92 Å². The predicted molar refractivity (Wildman–Crippen MR) is 69.4 cm³/mol. The first-order valence-corrected chi connectivity index (χ1v) is 6.93. The molecule has 0 aromatic heterocycles. The predicted octanol–water partition coefficient (Wildman–Crippen LogP) is 2.61. The molecule has 1 aliphatic heterocycles. The second kappa shape index (κ2) is 5.19. The molecule has 3 rings (SSSR count). The smallest absolute Gasteiger partial charge is 0.225 e. The highest BCUT2D eigenvalue weighted by atomic mass is 19.1. The maximum absolute atomic E-state index is 13.1. The van der Waals surface area contributed by atoms with Crippen LogP contribution < -0.4 is 4.74 Å². The maximum Gasteiger partial charge on any atom is 0.225 e. The van der Waals surface area contributed by atoms with Gasteiger partial charge in [0.2, 0.25) is 5.91 Å². The Morgan fingerprint density at radius 1 is 1.21 bits per heavy atom. The quantitative estimate of drug-likeness (QED) is 0.839. The molecule has 0 spiro atoms. The number of likely N-dealkylation sites (tertiary alicyclic amines) is 1. The van der Waals surface area contributed by atoms with Crippen LogP contribution in [-0.4, -0.2) is 30.0 Å². The molecule has 3 nitrogen and oxygen atoms in total. The Balaban J connectivity index is 1.51. The van der Waals surface area contributed by atoms with Gasteiger partial charge in [-0.2, -0.15) is 0 Å². The van der Waals surface area contributed by atoms with Gasteiger partial charge in [0.25, 0.3) is 0 Å². The Labute approximate surface area is 112 Å². The summed E-state index contributed by atoms with van der Waals surface area (Å²) in [5.74, 6) is 0.899. The van der Waals surface area contributed by atoms with Crippen molar-refractivity contribution in [3.05, 3.63) is 30.1 Å². The molecule has 2 aliphatic rings. The minimum atomic E-state index is -0.279. The molecule has 102 valence electrons. The van der Waals surface area contributed by atoms with E-state index in [0.717, 1.165) is 38.8 Å². The van der Waals surface area contributed by atoms with Crippen LogP contribution in [-0.2, 0) is 4.79 Å². The lowest BCUT2D eigenvalue weighted by atomic mass is 10.1. The SMILES string of the molecule is O=C(C1CC1)N1CCC(Oc2cccc(F)c2)CC1. The Hall–Kier alpha value is -1.58. The molecule has 1 aliphatic carbocycles. The van der Waals surface area contributed by atoms with E-state index in [0.29, 0.717) is 17.6 Å². The van der Waals surface area contributed by atoms with Gasteiger partial charge >= 0.3 is 0 Å². The van der Waals surface area contributed by atoms with E-state index in [1.807, 2.05) is 4.90 Å². The first-order chi connectivity index (χ1) is 9.22. The topological polar surface area (TPSA) is 29.5 Å². The fourth-order valence-electron chi connectivity index (χ4n) is 2.52. The van der Waals surface area contributed by atoms with Crippen molar-refractivity contribution in [1.82, 2.24) is 4.90 Å². The van der Waals surface area contributed by atoms with Gasteiger partial charge in [-0.3, -0.25) is 4.79 Å². The second-order valence-corrected chi connectivity index (χ2v) is 5.37. The van der Waals surface area contributed by atoms with Gasteiger partial charge in [0, 0.05) is 37.9 Å². The second-order valence-electron chi connectivity index (χ2n) is 5.37. The van der Waals surface area contributed by atoms with Crippen LogP contribution in [0.2, 0.25) is 0 Å². The number of benzene rings is 1. The highest BCUT2D eigenvalue weighted by molar-refractivity contribution is 5.81. The summed E-state index contributed by atoms with van der Waals surface area (Å²) in [6.45, 7) is 1.52. The van der Waals surface area contributed by atoms with E-state index in [1.54, 1.807) is 12.1 Å². The normalized spacial score (nSPS) is 20.4. The van der Waals surface area contributed by atoms with E-state index in [-0.39, 0.29) is 11.9 Å². The number of halogens is 1. The number of nitrogens with zero attached hydrogens (tertiary/aromatic N) is 1. The molecular weight excluding hydrogens is 245 g/mol. The lowest BCUT2D eigenvalue weighted by Gasteiger charge is -2.32. The summed E-state index contributed by atoms with van der Waals surface area (Å²) < 4.78 is 18.8. The average molecular weight is 263 g/mol. The number of ether oxygens (including phenoxy) is 1. The zero-order chi connectivity index (χ0) is 13.2. The lowest BCUT2D eigenvalue weighted by molar-refractivity contribution is -0.134. The fraction of sp³-hybridized carbons (Fsp3) is 0.533. The highest BCUT2D eigenvalue weighted by Gasteiger charge is 2.35. The third-order valence-corrected chi connectivity index (χ3v) is 3.78. The summed E-state index contributed by atoms with van der Waals surface area (Å²) in [4.78, 5) is 13.9. The van der Waals surface area contributed by atoms with Crippen molar-refractivity contribution in [1.29, 1.82) is 0 Å². The monoisotopic (exact) mass is 263 g/mol. The minimum Gasteiger partial charge on any atom is -0.490 e. The molecule has 0 bridgehead atoms. The molecule has 0 radical (unpaired) electrons. The van der Waals surface area contributed by atoms with Gasteiger partial charge in [0.15, 0.2) is 0 Å². The van der Waals surface area contributed by atoms with Gasteiger partial charge in [0.1, 0.15) is 17.7 Å².